The van der Waals surface area contributed by atoms with Gasteiger partial charge in [-0.25, -0.2) is 0 Å². The first kappa shape index (κ1) is 9.96. The average molecular weight is 144 g/mol. The summed E-state index contributed by atoms with van der Waals surface area (Å²) in [6, 6.07) is 0. The fraction of sp³-hybridized carbons (Fsp3) is 1.00. The van der Waals surface area contributed by atoms with Crippen LogP contribution >= 0.6 is 0 Å². The molecule has 0 heterocycles. The van der Waals surface area contributed by atoms with Gasteiger partial charge in [-0.15, -0.1) is 0 Å². The Balaban J connectivity index is 3.81. The van der Waals surface area contributed by atoms with Gasteiger partial charge in [0.05, 0.1) is 6.10 Å². The third-order valence-corrected chi connectivity index (χ3v) is 2.27. The molecule has 62 valence electrons. The van der Waals surface area contributed by atoms with Crippen LogP contribution in [0.4, 0.5) is 0 Å². The first-order valence-electron chi connectivity index (χ1n) is 4.14. The fourth-order valence-electron chi connectivity index (χ4n) is 1.00. The van der Waals surface area contributed by atoms with E-state index in [1.165, 1.54) is 0 Å². The number of hydrogen-bond donors (Lipinski definition) is 1. The third-order valence-electron chi connectivity index (χ3n) is 2.27. The Hall–Kier alpha value is -0.0400. The van der Waals surface area contributed by atoms with Crippen molar-refractivity contribution in [2.24, 2.45) is 17.8 Å². The summed E-state index contributed by atoms with van der Waals surface area (Å²) in [7, 11) is 0. The molecule has 0 saturated heterocycles. The molecule has 0 amide bonds. The Bertz CT molecular complexity index is 74.7. The van der Waals surface area contributed by atoms with Crippen LogP contribution in [0.5, 0.6) is 0 Å². The summed E-state index contributed by atoms with van der Waals surface area (Å²) in [5, 5.41) is 9.57. The predicted octanol–water partition coefficient (Wildman–Crippen LogP) is 2.30. The van der Waals surface area contributed by atoms with Crippen molar-refractivity contribution < 1.29 is 5.11 Å². The minimum Gasteiger partial charge on any atom is -0.393 e. The quantitative estimate of drug-likeness (QED) is 0.644. The van der Waals surface area contributed by atoms with Crippen molar-refractivity contribution in [3.63, 3.8) is 0 Å². The minimum atomic E-state index is -0.139. The van der Waals surface area contributed by atoms with Crippen molar-refractivity contribution in [3.8, 4) is 0 Å². The number of rotatable bonds is 3. The summed E-state index contributed by atoms with van der Waals surface area (Å²) in [6.45, 7) is 10.5. The van der Waals surface area contributed by atoms with E-state index >= 15 is 0 Å². The van der Waals surface area contributed by atoms with Crippen LogP contribution in [0.1, 0.15) is 34.6 Å². The molecule has 1 nitrogen and oxygen atoms in total. The summed E-state index contributed by atoms with van der Waals surface area (Å²) in [5.74, 6) is 1.38. The topological polar surface area (TPSA) is 20.2 Å². The van der Waals surface area contributed by atoms with Gasteiger partial charge in [-0.05, 0) is 17.8 Å². The van der Waals surface area contributed by atoms with Crippen molar-refractivity contribution >= 4 is 0 Å². The fourth-order valence-corrected chi connectivity index (χ4v) is 1.00. The Kier molecular flexibility index (Phi) is 3.95. The summed E-state index contributed by atoms with van der Waals surface area (Å²) in [6.07, 6.45) is -0.139. The van der Waals surface area contributed by atoms with E-state index in [0.29, 0.717) is 17.8 Å². The first-order chi connectivity index (χ1) is 4.46. The average Bonchev–Trinajstić information content (AvgIpc) is 1.84. The largest absolute Gasteiger partial charge is 0.393 e. The van der Waals surface area contributed by atoms with E-state index < -0.39 is 0 Å². The van der Waals surface area contributed by atoms with Crippen molar-refractivity contribution in [2.45, 2.75) is 40.7 Å². The van der Waals surface area contributed by atoms with E-state index in [-0.39, 0.29) is 6.10 Å². The van der Waals surface area contributed by atoms with Crippen LogP contribution in [0.2, 0.25) is 0 Å². The third kappa shape index (κ3) is 2.70. The van der Waals surface area contributed by atoms with Crippen LogP contribution in [0.15, 0.2) is 0 Å². The lowest BCUT2D eigenvalue weighted by atomic mass is 9.86. The lowest BCUT2D eigenvalue weighted by Crippen LogP contribution is -2.27. The molecule has 0 radical (unpaired) electrons. The summed E-state index contributed by atoms with van der Waals surface area (Å²) < 4.78 is 0. The Labute approximate surface area is 64.5 Å². The van der Waals surface area contributed by atoms with E-state index in [0.717, 1.165) is 0 Å². The Morgan fingerprint density at radius 2 is 1.20 bits per heavy atom. The summed E-state index contributed by atoms with van der Waals surface area (Å²) >= 11 is 0. The molecule has 0 aromatic rings. The molecule has 0 rings (SSSR count). The molecule has 0 aliphatic carbocycles. The zero-order valence-corrected chi connectivity index (χ0v) is 7.76. The molecule has 10 heavy (non-hydrogen) atoms. The molecule has 0 aromatic carbocycles. The summed E-state index contributed by atoms with van der Waals surface area (Å²) in [4.78, 5) is 0. The van der Waals surface area contributed by atoms with Gasteiger partial charge in [0.2, 0.25) is 0 Å². The zero-order chi connectivity index (χ0) is 8.31. The van der Waals surface area contributed by atoms with Gasteiger partial charge in [0, 0.05) is 0 Å². The normalized spacial score (nSPS) is 18.0. The highest BCUT2D eigenvalue weighted by Crippen LogP contribution is 2.19. The minimum absolute atomic E-state index is 0.139. The maximum absolute atomic E-state index is 9.57. The lowest BCUT2D eigenvalue weighted by molar-refractivity contribution is 0.0517. The SMILES string of the molecule is CC(C)C(C)C(O)C(C)C. The van der Waals surface area contributed by atoms with Crippen LogP contribution in [0.25, 0.3) is 0 Å². The van der Waals surface area contributed by atoms with Crippen LogP contribution in [0.3, 0.4) is 0 Å². The van der Waals surface area contributed by atoms with E-state index in [2.05, 4.69) is 34.6 Å². The van der Waals surface area contributed by atoms with Gasteiger partial charge in [0.1, 0.15) is 0 Å². The number of aliphatic hydroxyl groups is 1. The monoisotopic (exact) mass is 144 g/mol. The van der Waals surface area contributed by atoms with Crippen LogP contribution in [-0.2, 0) is 0 Å². The second-order valence-electron chi connectivity index (χ2n) is 3.84. The maximum atomic E-state index is 9.57. The smallest absolute Gasteiger partial charge is 0.0591 e. The van der Waals surface area contributed by atoms with Crippen LogP contribution in [-0.4, -0.2) is 11.2 Å². The molecule has 0 aliphatic rings. The molecule has 0 aliphatic heterocycles. The number of hydrogen-bond acceptors (Lipinski definition) is 1. The van der Waals surface area contributed by atoms with E-state index in [1.54, 1.807) is 0 Å². The van der Waals surface area contributed by atoms with Crippen molar-refractivity contribution in [2.75, 3.05) is 0 Å². The molecule has 0 aromatic heterocycles. The van der Waals surface area contributed by atoms with Crippen molar-refractivity contribution in [1.29, 1.82) is 0 Å². The van der Waals surface area contributed by atoms with Gasteiger partial charge in [-0.3, -0.25) is 0 Å². The standard InChI is InChI=1S/C9H20O/c1-6(2)8(5)9(10)7(3)4/h6-10H,1-5H3. The predicted molar refractivity (Wildman–Crippen MR) is 44.8 cm³/mol. The molecular weight excluding hydrogens is 124 g/mol. The molecule has 2 atom stereocenters. The van der Waals surface area contributed by atoms with Gasteiger partial charge < -0.3 is 5.11 Å². The van der Waals surface area contributed by atoms with E-state index in [4.69, 9.17) is 0 Å². The lowest BCUT2D eigenvalue weighted by Gasteiger charge is -2.25. The molecule has 0 spiro atoms. The molecule has 0 bridgehead atoms. The molecule has 0 fully saturated rings. The Morgan fingerprint density at radius 1 is 0.800 bits per heavy atom. The first-order valence-corrected chi connectivity index (χ1v) is 4.14. The van der Waals surface area contributed by atoms with Crippen molar-refractivity contribution in [3.05, 3.63) is 0 Å². The second kappa shape index (κ2) is 3.97. The summed E-state index contributed by atoms with van der Waals surface area (Å²) in [5.41, 5.74) is 0. The zero-order valence-electron chi connectivity index (χ0n) is 7.76. The molecular formula is C9H20O. The van der Waals surface area contributed by atoms with Gasteiger partial charge in [-0.2, -0.15) is 0 Å². The molecule has 1 heteroatoms. The van der Waals surface area contributed by atoms with Gasteiger partial charge in [0.15, 0.2) is 0 Å². The molecule has 0 saturated carbocycles. The highest BCUT2D eigenvalue weighted by molar-refractivity contribution is 4.69. The molecule has 2 unspecified atom stereocenters. The number of aliphatic hydroxyl groups excluding tert-OH is 1. The van der Waals surface area contributed by atoms with Crippen molar-refractivity contribution in [1.82, 2.24) is 0 Å². The highest BCUT2D eigenvalue weighted by Gasteiger charge is 2.19. The van der Waals surface area contributed by atoms with Gasteiger partial charge >= 0.3 is 0 Å². The van der Waals surface area contributed by atoms with Gasteiger partial charge in [0.25, 0.3) is 0 Å². The van der Waals surface area contributed by atoms with E-state index in [9.17, 15) is 5.11 Å². The highest BCUT2D eigenvalue weighted by atomic mass is 16.3. The van der Waals surface area contributed by atoms with Crippen LogP contribution in [0, 0.1) is 17.8 Å². The second-order valence-corrected chi connectivity index (χ2v) is 3.84. The molecule has 1 N–H and O–H groups in total. The van der Waals surface area contributed by atoms with Gasteiger partial charge in [-0.1, -0.05) is 34.6 Å². The van der Waals surface area contributed by atoms with E-state index in [1.807, 2.05) is 0 Å². The van der Waals surface area contributed by atoms with Crippen LogP contribution < -0.4 is 0 Å². The maximum Gasteiger partial charge on any atom is 0.0591 e. The Morgan fingerprint density at radius 3 is 1.30 bits per heavy atom.